The van der Waals surface area contributed by atoms with Gasteiger partial charge in [0.25, 0.3) is 0 Å². The van der Waals surface area contributed by atoms with Crippen molar-refractivity contribution in [3.63, 3.8) is 0 Å². The summed E-state index contributed by atoms with van der Waals surface area (Å²) in [6.07, 6.45) is 1.33. The zero-order chi connectivity index (χ0) is 12.9. The van der Waals surface area contributed by atoms with E-state index in [2.05, 4.69) is 26.2 Å². The molecule has 0 aliphatic rings. The zero-order valence-electron chi connectivity index (χ0n) is 10.3. The standard InChI is InChI=1S/C12H17BrN2O2/c1-12(2,3)17-11(16)15-8-9-4-5-10(6-13)14-7-9/h4-5,7H,6,8H2,1-3H3,(H,15,16). The molecule has 0 unspecified atom stereocenters. The summed E-state index contributed by atoms with van der Waals surface area (Å²) in [7, 11) is 0. The smallest absolute Gasteiger partial charge is 0.407 e. The molecule has 94 valence electrons. The molecular weight excluding hydrogens is 284 g/mol. The predicted molar refractivity (Wildman–Crippen MR) is 69.9 cm³/mol. The van der Waals surface area contributed by atoms with Crippen molar-refractivity contribution in [2.75, 3.05) is 0 Å². The molecule has 0 radical (unpaired) electrons. The highest BCUT2D eigenvalue weighted by Gasteiger charge is 2.15. The number of carbonyl (C=O) groups excluding carboxylic acids is 1. The van der Waals surface area contributed by atoms with Crippen molar-refractivity contribution in [3.8, 4) is 0 Å². The molecule has 1 aromatic heterocycles. The normalized spacial score (nSPS) is 11.1. The van der Waals surface area contributed by atoms with Crippen LogP contribution >= 0.6 is 15.9 Å². The Morgan fingerprint density at radius 2 is 2.18 bits per heavy atom. The third-order valence-corrected chi connectivity index (χ3v) is 2.43. The van der Waals surface area contributed by atoms with Crippen molar-refractivity contribution in [1.29, 1.82) is 0 Å². The third kappa shape index (κ3) is 5.68. The van der Waals surface area contributed by atoms with Gasteiger partial charge < -0.3 is 10.1 Å². The first-order chi connectivity index (χ1) is 7.90. The number of aromatic nitrogens is 1. The molecule has 17 heavy (non-hydrogen) atoms. The summed E-state index contributed by atoms with van der Waals surface area (Å²) < 4.78 is 5.13. The summed E-state index contributed by atoms with van der Waals surface area (Å²) in [5, 5.41) is 3.41. The lowest BCUT2D eigenvalue weighted by atomic mass is 10.2. The Morgan fingerprint density at radius 3 is 2.65 bits per heavy atom. The van der Waals surface area contributed by atoms with E-state index in [1.807, 2.05) is 32.9 Å². The zero-order valence-corrected chi connectivity index (χ0v) is 11.9. The maximum atomic E-state index is 11.4. The van der Waals surface area contributed by atoms with Crippen molar-refractivity contribution >= 4 is 22.0 Å². The number of alkyl carbamates (subject to hydrolysis) is 1. The Bertz CT molecular complexity index is 371. The van der Waals surface area contributed by atoms with Gasteiger partial charge in [0.2, 0.25) is 0 Å². The quantitative estimate of drug-likeness (QED) is 0.873. The van der Waals surface area contributed by atoms with E-state index in [1.165, 1.54) is 0 Å². The lowest BCUT2D eigenvalue weighted by molar-refractivity contribution is 0.0523. The number of alkyl halides is 1. The summed E-state index contributed by atoms with van der Waals surface area (Å²) in [6, 6.07) is 3.85. The molecule has 0 fully saturated rings. The first-order valence-electron chi connectivity index (χ1n) is 5.37. The van der Waals surface area contributed by atoms with Gasteiger partial charge in [-0.05, 0) is 32.4 Å². The topological polar surface area (TPSA) is 51.2 Å². The fraction of sp³-hybridized carbons (Fsp3) is 0.500. The number of amides is 1. The van der Waals surface area contributed by atoms with E-state index < -0.39 is 11.7 Å². The van der Waals surface area contributed by atoms with Crippen LogP contribution in [0.4, 0.5) is 4.79 Å². The van der Waals surface area contributed by atoms with E-state index in [0.717, 1.165) is 16.6 Å². The molecule has 1 N–H and O–H groups in total. The molecule has 0 aliphatic carbocycles. The van der Waals surface area contributed by atoms with Crippen molar-refractivity contribution in [1.82, 2.24) is 10.3 Å². The van der Waals surface area contributed by atoms with E-state index in [0.29, 0.717) is 6.54 Å². The maximum Gasteiger partial charge on any atom is 0.407 e. The van der Waals surface area contributed by atoms with Gasteiger partial charge in [-0.2, -0.15) is 0 Å². The molecule has 0 spiro atoms. The van der Waals surface area contributed by atoms with Crippen LogP contribution in [0.25, 0.3) is 0 Å². The minimum atomic E-state index is -0.470. The predicted octanol–water partition coefficient (Wildman–Crippen LogP) is 3.00. The molecule has 1 rings (SSSR count). The van der Waals surface area contributed by atoms with E-state index in [-0.39, 0.29) is 0 Å². The summed E-state index contributed by atoms with van der Waals surface area (Å²) in [4.78, 5) is 15.6. The number of hydrogen-bond donors (Lipinski definition) is 1. The van der Waals surface area contributed by atoms with E-state index in [1.54, 1.807) is 6.20 Å². The van der Waals surface area contributed by atoms with Crippen LogP contribution in [0.15, 0.2) is 18.3 Å². The molecule has 0 bridgehead atoms. The van der Waals surface area contributed by atoms with E-state index >= 15 is 0 Å². The number of halogens is 1. The van der Waals surface area contributed by atoms with Gasteiger partial charge in [0.15, 0.2) is 0 Å². The molecule has 1 amide bonds. The van der Waals surface area contributed by atoms with Crippen molar-refractivity contribution in [3.05, 3.63) is 29.6 Å². The molecule has 0 aliphatic heterocycles. The van der Waals surface area contributed by atoms with Crippen LogP contribution in [0.5, 0.6) is 0 Å². The molecule has 0 aromatic carbocycles. The molecule has 0 saturated heterocycles. The second-order valence-electron chi connectivity index (χ2n) is 4.65. The van der Waals surface area contributed by atoms with Crippen molar-refractivity contribution in [2.45, 2.75) is 38.2 Å². The fourth-order valence-electron chi connectivity index (χ4n) is 1.13. The van der Waals surface area contributed by atoms with Gasteiger partial charge >= 0.3 is 6.09 Å². The molecule has 4 nitrogen and oxygen atoms in total. The van der Waals surface area contributed by atoms with Crippen LogP contribution in [-0.2, 0) is 16.6 Å². The summed E-state index contributed by atoms with van der Waals surface area (Å²) in [5.74, 6) is 0. The average molecular weight is 301 g/mol. The third-order valence-electron chi connectivity index (χ3n) is 1.86. The second kappa shape index (κ2) is 6.00. The first-order valence-corrected chi connectivity index (χ1v) is 6.49. The van der Waals surface area contributed by atoms with Crippen LogP contribution in [0.2, 0.25) is 0 Å². The van der Waals surface area contributed by atoms with Gasteiger partial charge in [-0.25, -0.2) is 4.79 Å². The van der Waals surface area contributed by atoms with Crippen LogP contribution < -0.4 is 5.32 Å². The van der Waals surface area contributed by atoms with Gasteiger partial charge in [-0.1, -0.05) is 22.0 Å². The van der Waals surface area contributed by atoms with Gasteiger partial charge in [-0.15, -0.1) is 0 Å². The van der Waals surface area contributed by atoms with Crippen molar-refractivity contribution in [2.24, 2.45) is 0 Å². The maximum absolute atomic E-state index is 11.4. The number of nitrogens with zero attached hydrogens (tertiary/aromatic N) is 1. The van der Waals surface area contributed by atoms with E-state index in [9.17, 15) is 4.79 Å². The molecule has 0 saturated carbocycles. The number of pyridine rings is 1. The summed E-state index contributed by atoms with van der Waals surface area (Å²) in [5.41, 5.74) is 1.44. The molecule has 0 atom stereocenters. The number of carbonyl (C=O) groups is 1. The number of nitrogens with one attached hydrogen (secondary N) is 1. The Balaban J connectivity index is 2.42. The molecule has 5 heteroatoms. The Hall–Kier alpha value is -1.10. The lowest BCUT2D eigenvalue weighted by Gasteiger charge is -2.19. The Labute approximate surface area is 110 Å². The van der Waals surface area contributed by atoms with Crippen LogP contribution in [0, 0.1) is 0 Å². The Kier molecular flexibility index (Phi) is 4.93. The van der Waals surface area contributed by atoms with Crippen LogP contribution in [-0.4, -0.2) is 16.7 Å². The highest BCUT2D eigenvalue weighted by atomic mass is 79.9. The summed E-state index contributed by atoms with van der Waals surface area (Å²) in [6.45, 7) is 5.92. The fourth-order valence-corrected chi connectivity index (χ4v) is 1.46. The molecule has 1 heterocycles. The Morgan fingerprint density at radius 1 is 1.47 bits per heavy atom. The summed E-state index contributed by atoms with van der Waals surface area (Å²) >= 11 is 3.33. The highest BCUT2D eigenvalue weighted by Crippen LogP contribution is 2.07. The number of hydrogen-bond acceptors (Lipinski definition) is 3. The average Bonchev–Trinajstić information content (AvgIpc) is 2.25. The van der Waals surface area contributed by atoms with Crippen molar-refractivity contribution < 1.29 is 9.53 Å². The van der Waals surface area contributed by atoms with Gasteiger partial charge in [-0.3, -0.25) is 4.98 Å². The highest BCUT2D eigenvalue weighted by molar-refractivity contribution is 9.08. The largest absolute Gasteiger partial charge is 0.444 e. The second-order valence-corrected chi connectivity index (χ2v) is 5.21. The minimum Gasteiger partial charge on any atom is -0.444 e. The monoisotopic (exact) mass is 300 g/mol. The van der Waals surface area contributed by atoms with Gasteiger partial charge in [0.1, 0.15) is 5.60 Å². The van der Waals surface area contributed by atoms with Crippen LogP contribution in [0.1, 0.15) is 32.0 Å². The lowest BCUT2D eigenvalue weighted by Crippen LogP contribution is -2.32. The van der Waals surface area contributed by atoms with Gasteiger partial charge in [0.05, 0.1) is 5.69 Å². The molecular formula is C12H17BrN2O2. The number of rotatable bonds is 3. The minimum absolute atomic E-state index is 0.415. The first kappa shape index (κ1) is 14.0. The van der Waals surface area contributed by atoms with Gasteiger partial charge in [0, 0.05) is 18.1 Å². The van der Waals surface area contributed by atoms with E-state index in [4.69, 9.17) is 4.74 Å². The number of ether oxygens (including phenoxy) is 1. The SMILES string of the molecule is CC(C)(C)OC(=O)NCc1ccc(CBr)nc1. The molecule has 1 aromatic rings. The van der Waals surface area contributed by atoms with Crippen LogP contribution in [0.3, 0.4) is 0 Å².